The molecule has 0 saturated heterocycles. The van der Waals surface area contributed by atoms with E-state index in [-0.39, 0.29) is 17.5 Å². The Bertz CT molecular complexity index is 653. The summed E-state index contributed by atoms with van der Waals surface area (Å²) in [6.07, 6.45) is 1.01. The summed E-state index contributed by atoms with van der Waals surface area (Å²) in [4.78, 5) is 0.157. The number of benzene rings is 1. The average molecular weight is 295 g/mol. The van der Waals surface area contributed by atoms with E-state index in [9.17, 15) is 8.42 Å². The normalized spacial score (nSPS) is 13.1. The summed E-state index contributed by atoms with van der Waals surface area (Å²) in [7, 11) is -3.56. The summed E-state index contributed by atoms with van der Waals surface area (Å²) in [5.74, 6) is 0.707. The van der Waals surface area contributed by atoms with Crippen LogP contribution in [-0.2, 0) is 10.0 Å². The third kappa shape index (κ3) is 3.58. The third-order valence-electron chi connectivity index (χ3n) is 2.71. The molecule has 0 aliphatic heterocycles. The molecule has 0 saturated carbocycles. The molecule has 0 radical (unpaired) electrons. The molecule has 2 rings (SSSR count). The van der Waals surface area contributed by atoms with E-state index in [1.807, 2.05) is 30.3 Å². The molecule has 1 atom stereocenters. The molecule has 1 unspecified atom stereocenters. The summed E-state index contributed by atoms with van der Waals surface area (Å²) in [6.45, 7) is 3.64. The van der Waals surface area contributed by atoms with Gasteiger partial charge in [-0.15, -0.1) is 0 Å². The standard InChI is InChI=1S/C13H17N3O3S/c1-10(19-12-6-4-3-5-7-12)8-15-20(17,18)13-9-14-16-11(13)2/h3-7,9-10,15H,8H2,1-2H3,(H,14,16). The first kappa shape index (κ1) is 14.5. The summed E-state index contributed by atoms with van der Waals surface area (Å²) in [5.41, 5.74) is 0.508. The number of sulfonamides is 1. The first-order chi connectivity index (χ1) is 9.49. The van der Waals surface area contributed by atoms with Gasteiger partial charge in [-0.25, -0.2) is 13.1 Å². The lowest BCUT2D eigenvalue weighted by atomic mass is 10.3. The van der Waals surface area contributed by atoms with E-state index in [0.717, 1.165) is 0 Å². The highest BCUT2D eigenvalue weighted by atomic mass is 32.2. The van der Waals surface area contributed by atoms with Gasteiger partial charge in [0.05, 0.1) is 11.9 Å². The van der Waals surface area contributed by atoms with Crippen molar-refractivity contribution in [2.24, 2.45) is 0 Å². The maximum atomic E-state index is 12.0. The van der Waals surface area contributed by atoms with Gasteiger partial charge in [-0.1, -0.05) is 18.2 Å². The molecular weight excluding hydrogens is 278 g/mol. The van der Waals surface area contributed by atoms with Crippen molar-refractivity contribution in [3.8, 4) is 5.75 Å². The van der Waals surface area contributed by atoms with Gasteiger partial charge < -0.3 is 4.74 Å². The molecule has 6 nitrogen and oxygen atoms in total. The van der Waals surface area contributed by atoms with Crippen molar-refractivity contribution in [1.82, 2.24) is 14.9 Å². The van der Waals surface area contributed by atoms with Crippen LogP contribution in [-0.4, -0.2) is 31.3 Å². The zero-order chi connectivity index (χ0) is 14.6. The maximum absolute atomic E-state index is 12.0. The van der Waals surface area contributed by atoms with Crippen LogP contribution in [0.15, 0.2) is 41.4 Å². The van der Waals surface area contributed by atoms with Crippen LogP contribution in [0.2, 0.25) is 0 Å². The largest absolute Gasteiger partial charge is 0.489 e. The Kier molecular flexibility index (Phi) is 4.41. The molecule has 108 valence electrons. The van der Waals surface area contributed by atoms with Crippen LogP contribution in [0.4, 0.5) is 0 Å². The van der Waals surface area contributed by atoms with Crippen LogP contribution in [0.1, 0.15) is 12.6 Å². The molecule has 20 heavy (non-hydrogen) atoms. The Labute approximate surface area is 118 Å². The highest BCUT2D eigenvalue weighted by Gasteiger charge is 2.19. The monoisotopic (exact) mass is 295 g/mol. The van der Waals surface area contributed by atoms with Crippen molar-refractivity contribution in [3.05, 3.63) is 42.2 Å². The topological polar surface area (TPSA) is 84.1 Å². The molecule has 0 aliphatic carbocycles. The zero-order valence-corrected chi connectivity index (χ0v) is 12.1. The fraction of sp³-hybridized carbons (Fsp3) is 0.308. The van der Waals surface area contributed by atoms with E-state index in [0.29, 0.717) is 11.4 Å². The van der Waals surface area contributed by atoms with Gasteiger partial charge in [0.15, 0.2) is 0 Å². The number of ether oxygens (including phenoxy) is 1. The minimum Gasteiger partial charge on any atom is -0.489 e. The molecule has 1 aromatic carbocycles. The summed E-state index contributed by atoms with van der Waals surface area (Å²) in [6, 6.07) is 9.26. The van der Waals surface area contributed by atoms with Crippen molar-refractivity contribution in [1.29, 1.82) is 0 Å². The van der Waals surface area contributed by atoms with Crippen LogP contribution >= 0.6 is 0 Å². The van der Waals surface area contributed by atoms with E-state index < -0.39 is 10.0 Å². The van der Waals surface area contributed by atoms with Gasteiger partial charge in [0.25, 0.3) is 0 Å². The smallest absolute Gasteiger partial charge is 0.244 e. The van der Waals surface area contributed by atoms with E-state index in [4.69, 9.17) is 4.74 Å². The van der Waals surface area contributed by atoms with Crippen molar-refractivity contribution in [3.63, 3.8) is 0 Å². The highest BCUT2D eigenvalue weighted by Crippen LogP contribution is 2.12. The summed E-state index contributed by atoms with van der Waals surface area (Å²) < 4.78 is 32.2. The number of aryl methyl sites for hydroxylation is 1. The second-order valence-electron chi connectivity index (χ2n) is 4.45. The Hall–Kier alpha value is -1.86. The predicted molar refractivity (Wildman–Crippen MR) is 75.0 cm³/mol. The number of hydrogen-bond donors (Lipinski definition) is 2. The number of aromatic amines is 1. The zero-order valence-electron chi connectivity index (χ0n) is 11.3. The lowest BCUT2D eigenvalue weighted by Gasteiger charge is -2.15. The fourth-order valence-corrected chi connectivity index (χ4v) is 2.94. The van der Waals surface area contributed by atoms with Gasteiger partial charge in [0, 0.05) is 6.54 Å². The van der Waals surface area contributed by atoms with Gasteiger partial charge in [0.2, 0.25) is 10.0 Å². The van der Waals surface area contributed by atoms with Crippen LogP contribution < -0.4 is 9.46 Å². The molecule has 2 aromatic rings. The number of nitrogens with one attached hydrogen (secondary N) is 2. The molecule has 7 heteroatoms. The second-order valence-corrected chi connectivity index (χ2v) is 6.19. The number of aromatic nitrogens is 2. The van der Waals surface area contributed by atoms with Crippen LogP contribution in [0.3, 0.4) is 0 Å². The van der Waals surface area contributed by atoms with Gasteiger partial charge in [0.1, 0.15) is 16.7 Å². The molecule has 0 amide bonds. The Morgan fingerprint density at radius 3 is 2.65 bits per heavy atom. The molecule has 2 N–H and O–H groups in total. The Morgan fingerprint density at radius 2 is 2.05 bits per heavy atom. The van der Waals surface area contributed by atoms with Crippen molar-refractivity contribution in [2.75, 3.05) is 6.54 Å². The number of para-hydroxylation sites is 1. The second kappa shape index (κ2) is 6.06. The van der Waals surface area contributed by atoms with Gasteiger partial charge in [-0.3, -0.25) is 5.10 Å². The SMILES string of the molecule is Cc1[nH]ncc1S(=O)(=O)NCC(C)Oc1ccccc1. The number of H-pyrrole nitrogens is 1. The summed E-state index contributed by atoms with van der Waals surface area (Å²) >= 11 is 0. The quantitative estimate of drug-likeness (QED) is 0.845. The minimum absolute atomic E-state index is 0.157. The van der Waals surface area contributed by atoms with Gasteiger partial charge in [-0.05, 0) is 26.0 Å². The molecule has 1 aromatic heterocycles. The molecule has 0 aliphatic rings. The first-order valence-corrected chi connectivity index (χ1v) is 7.68. The molecule has 0 fully saturated rings. The molecule has 0 bridgehead atoms. The van der Waals surface area contributed by atoms with E-state index in [1.165, 1.54) is 6.20 Å². The molecule has 0 spiro atoms. The van der Waals surface area contributed by atoms with E-state index in [2.05, 4.69) is 14.9 Å². The third-order valence-corrected chi connectivity index (χ3v) is 4.25. The first-order valence-electron chi connectivity index (χ1n) is 6.20. The van der Waals surface area contributed by atoms with Crippen LogP contribution in [0, 0.1) is 6.92 Å². The lowest BCUT2D eigenvalue weighted by Crippen LogP contribution is -2.33. The fourth-order valence-electron chi connectivity index (χ4n) is 1.69. The molecular formula is C13H17N3O3S. The number of rotatable bonds is 6. The number of hydrogen-bond acceptors (Lipinski definition) is 4. The van der Waals surface area contributed by atoms with Crippen LogP contribution in [0.5, 0.6) is 5.75 Å². The average Bonchev–Trinajstić information content (AvgIpc) is 2.85. The van der Waals surface area contributed by atoms with E-state index in [1.54, 1.807) is 13.8 Å². The summed E-state index contributed by atoms with van der Waals surface area (Å²) in [5, 5.41) is 6.31. The van der Waals surface area contributed by atoms with Crippen LogP contribution in [0.25, 0.3) is 0 Å². The van der Waals surface area contributed by atoms with Crippen molar-refractivity contribution < 1.29 is 13.2 Å². The lowest BCUT2D eigenvalue weighted by molar-refractivity contribution is 0.225. The van der Waals surface area contributed by atoms with Gasteiger partial charge in [-0.2, -0.15) is 5.10 Å². The Balaban J connectivity index is 1.93. The number of nitrogens with zero attached hydrogens (tertiary/aromatic N) is 1. The van der Waals surface area contributed by atoms with E-state index >= 15 is 0 Å². The Morgan fingerprint density at radius 1 is 1.35 bits per heavy atom. The molecule has 1 heterocycles. The highest BCUT2D eigenvalue weighted by molar-refractivity contribution is 7.89. The van der Waals surface area contributed by atoms with Crippen molar-refractivity contribution >= 4 is 10.0 Å². The predicted octanol–water partition coefficient (Wildman–Crippen LogP) is 1.46. The van der Waals surface area contributed by atoms with Crippen molar-refractivity contribution in [2.45, 2.75) is 24.8 Å². The maximum Gasteiger partial charge on any atom is 0.244 e. The minimum atomic E-state index is -3.56. The van der Waals surface area contributed by atoms with Gasteiger partial charge >= 0.3 is 0 Å².